The second kappa shape index (κ2) is 6.41. The van der Waals surface area contributed by atoms with Crippen molar-refractivity contribution < 1.29 is 9.84 Å². The van der Waals surface area contributed by atoms with Crippen molar-refractivity contribution in [1.29, 1.82) is 0 Å². The fraction of sp³-hybridized carbons (Fsp3) is 0.400. The van der Waals surface area contributed by atoms with E-state index in [1.165, 1.54) is 11.8 Å². The van der Waals surface area contributed by atoms with Gasteiger partial charge in [-0.1, -0.05) is 0 Å². The molecule has 0 amide bonds. The van der Waals surface area contributed by atoms with Crippen LogP contribution in [0, 0.1) is 0 Å². The Balaban J connectivity index is 2.09. The maximum atomic E-state index is 9.52. The van der Waals surface area contributed by atoms with Gasteiger partial charge in [0.2, 0.25) is 11.2 Å². The second-order valence-corrected chi connectivity index (χ2v) is 4.01. The first-order valence-corrected chi connectivity index (χ1v) is 5.89. The van der Waals surface area contributed by atoms with Crippen molar-refractivity contribution in [3.05, 3.63) is 23.7 Å². The Morgan fingerprint density at radius 3 is 3.00 bits per heavy atom. The summed E-state index contributed by atoms with van der Waals surface area (Å²) >= 11 is 5.81. The number of aliphatic hydroxyl groups excluding tert-OH is 1. The van der Waals surface area contributed by atoms with Gasteiger partial charge in [-0.05, 0) is 17.7 Å². The van der Waals surface area contributed by atoms with Crippen molar-refractivity contribution >= 4 is 17.5 Å². The second-order valence-electron chi connectivity index (χ2n) is 3.67. The van der Waals surface area contributed by atoms with Crippen LogP contribution >= 0.6 is 11.6 Å². The van der Waals surface area contributed by atoms with Gasteiger partial charge in [-0.2, -0.15) is 20.1 Å². The summed E-state index contributed by atoms with van der Waals surface area (Å²) in [7, 11) is 1.51. The number of aromatic nitrogens is 5. The molecule has 1 unspecified atom stereocenters. The molecule has 1 atom stereocenters. The molecule has 0 bridgehead atoms. The van der Waals surface area contributed by atoms with Crippen molar-refractivity contribution in [2.24, 2.45) is 0 Å². The van der Waals surface area contributed by atoms with Crippen LogP contribution < -0.4 is 5.32 Å². The summed E-state index contributed by atoms with van der Waals surface area (Å²) in [6.07, 6.45) is 2.64. The van der Waals surface area contributed by atoms with Crippen LogP contribution in [0.15, 0.2) is 18.5 Å². The van der Waals surface area contributed by atoms with Crippen molar-refractivity contribution in [2.75, 3.05) is 25.6 Å². The highest BCUT2D eigenvalue weighted by Crippen LogP contribution is 2.08. The van der Waals surface area contributed by atoms with Gasteiger partial charge in [0, 0.05) is 26.0 Å². The van der Waals surface area contributed by atoms with Crippen molar-refractivity contribution in [1.82, 2.24) is 24.7 Å². The molecule has 2 aromatic heterocycles. The Morgan fingerprint density at radius 1 is 1.47 bits per heavy atom. The van der Waals surface area contributed by atoms with E-state index in [-0.39, 0.29) is 24.4 Å². The standard InChI is InChI=1S/C10H13ClN6O2/c1-19-6-7(18)5-12-9-14-8(11)15-10(16-9)17-4-2-3-13-17/h2-4,7,18H,5-6H2,1H3,(H,12,14,15,16). The van der Waals surface area contributed by atoms with Gasteiger partial charge in [0.25, 0.3) is 5.95 Å². The molecule has 0 radical (unpaired) electrons. The summed E-state index contributed by atoms with van der Waals surface area (Å²) < 4.78 is 6.28. The third-order valence-electron chi connectivity index (χ3n) is 2.16. The summed E-state index contributed by atoms with van der Waals surface area (Å²) in [5.41, 5.74) is 0. The van der Waals surface area contributed by atoms with Gasteiger partial charge in [0.05, 0.1) is 12.7 Å². The summed E-state index contributed by atoms with van der Waals surface area (Å²) in [5.74, 6) is 0.564. The van der Waals surface area contributed by atoms with Crippen LogP contribution in [0.25, 0.3) is 5.95 Å². The number of methoxy groups -OCH3 is 1. The smallest absolute Gasteiger partial charge is 0.256 e. The zero-order valence-electron chi connectivity index (χ0n) is 10.2. The average Bonchev–Trinajstić information content (AvgIpc) is 2.90. The van der Waals surface area contributed by atoms with E-state index in [9.17, 15) is 5.11 Å². The molecule has 2 heterocycles. The zero-order valence-corrected chi connectivity index (χ0v) is 10.9. The van der Waals surface area contributed by atoms with Crippen molar-refractivity contribution in [2.45, 2.75) is 6.10 Å². The molecule has 0 aliphatic rings. The van der Waals surface area contributed by atoms with Crippen LogP contribution in [-0.4, -0.2) is 56.2 Å². The molecule has 19 heavy (non-hydrogen) atoms. The lowest BCUT2D eigenvalue weighted by Crippen LogP contribution is -2.25. The first kappa shape index (κ1) is 13.7. The molecule has 2 rings (SSSR count). The van der Waals surface area contributed by atoms with E-state index in [0.717, 1.165) is 0 Å². The molecule has 2 N–H and O–H groups in total. The highest BCUT2D eigenvalue weighted by atomic mass is 35.5. The lowest BCUT2D eigenvalue weighted by atomic mass is 10.4. The molecule has 8 nitrogen and oxygen atoms in total. The Morgan fingerprint density at radius 2 is 2.32 bits per heavy atom. The number of aliphatic hydroxyl groups is 1. The number of nitrogens with zero attached hydrogens (tertiary/aromatic N) is 5. The molecule has 9 heteroatoms. The van der Waals surface area contributed by atoms with Crippen LogP contribution in [0.4, 0.5) is 5.95 Å². The van der Waals surface area contributed by atoms with Crippen LogP contribution in [0.1, 0.15) is 0 Å². The number of rotatable bonds is 6. The maximum absolute atomic E-state index is 9.52. The minimum absolute atomic E-state index is 0.0456. The predicted octanol–water partition coefficient (Wildman–Crippen LogP) is 0.130. The largest absolute Gasteiger partial charge is 0.389 e. The monoisotopic (exact) mass is 284 g/mol. The molecule has 0 saturated carbocycles. The van der Waals surface area contributed by atoms with Gasteiger partial charge in [-0.25, -0.2) is 4.68 Å². The van der Waals surface area contributed by atoms with Crippen LogP contribution in [-0.2, 0) is 4.74 Å². The van der Waals surface area contributed by atoms with Gasteiger partial charge in [-0.3, -0.25) is 0 Å². The minimum Gasteiger partial charge on any atom is -0.389 e. The van der Waals surface area contributed by atoms with Gasteiger partial charge >= 0.3 is 0 Å². The highest BCUT2D eigenvalue weighted by Gasteiger charge is 2.09. The lowest BCUT2D eigenvalue weighted by molar-refractivity contribution is 0.0726. The molecule has 0 fully saturated rings. The zero-order chi connectivity index (χ0) is 13.7. The van der Waals surface area contributed by atoms with E-state index in [2.05, 4.69) is 25.4 Å². The summed E-state index contributed by atoms with van der Waals surface area (Å²) in [6.45, 7) is 0.463. The predicted molar refractivity (Wildman–Crippen MR) is 68.3 cm³/mol. The number of anilines is 1. The topological polar surface area (TPSA) is 98.0 Å². The Hall–Kier alpha value is -1.77. The minimum atomic E-state index is -0.659. The van der Waals surface area contributed by atoms with Crippen LogP contribution in [0.2, 0.25) is 5.28 Å². The van der Waals surface area contributed by atoms with Crippen molar-refractivity contribution in [3.8, 4) is 5.95 Å². The van der Waals surface area contributed by atoms with Crippen LogP contribution in [0.3, 0.4) is 0 Å². The number of nitrogens with one attached hydrogen (secondary N) is 1. The molecule has 0 spiro atoms. The van der Waals surface area contributed by atoms with E-state index in [0.29, 0.717) is 5.95 Å². The Kier molecular flexibility index (Phi) is 4.61. The first-order chi connectivity index (χ1) is 9.19. The van der Waals surface area contributed by atoms with Gasteiger partial charge in [0.15, 0.2) is 0 Å². The molecular weight excluding hydrogens is 272 g/mol. The molecule has 0 aliphatic carbocycles. The number of ether oxygens (including phenoxy) is 1. The molecule has 0 aromatic carbocycles. The molecule has 0 saturated heterocycles. The first-order valence-electron chi connectivity index (χ1n) is 5.51. The summed E-state index contributed by atoms with van der Waals surface area (Å²) in [6, 6.07) is 1.74. The van der Waals surface area contributed by atoms with Crippen LogP contribution in [0.5, 0.6) is 0 Å². The normalized spacial score (nSPS) is 12.4. The number of hydrogen-bond donors (Lipinski definition) is 2. The molecule has 102 valence electrons. The van der Waals surface area contributed by atoms with Crippen molar-refractivity contribution in [3.63, 3.8) is 0 Å². The average molecular weight is 285 g/mol. The molecular formula is C10H13ClN6O2. The highest BCUT2D eigenvalue weighted by molar-refractivity contribution is 6.28. The Labute approximate surface area is 114 Å². The summed E-state index contributed by atoms with van der Waals surface area (Å²) in [4.78, 5) is 12.0. The SMILES string of the molecule is COCC(O)CNc1nc(Cl)nc(-n2cccn2)n1. The van der Waals surface area contributed by atoms with E-state index < -0.39 is 6.10 Å². The Bertz CT molecular complexity index is 521. The quantitative estimate of drug-likeness (QED) is 0.778. The molecule has 0 aliphatic heterocycles. The van der Waals surface area contributed by atoms with E-state index in [4.69, 9.17) is 16.3 Å². The number of hydrogen-bond acceptors (Lipinski definition) is 7. The van der Waals surface area contributed by atoms with E-state index in [1.54, 1.807) is 18.5 Å². The fourth-order valence-corrected chi connectivity index (χ4v) is 1.52. The molecule has 2 aromatic rings. The third kappa shape index (κ3) is 3.85. The van der Waals surface area contributed by atoms with Gasteiger partial charge < -0.3 is 15.2 Å². The van der Waals surface area contributed by atoms with E-state index in [1.807, 2.05) is 0 Å². The summed E-state index contributed by atoms with van der Waals surface area (Å²) in [5, 5.41) is 16.4. The third-order valence-corrected chi connectivity index (χ3v) is 2.33. The van der Waals surface area contributed by atoms with Gasteiger partial charge in [0.1, 0.15) is 0 Å². The fourth-order valence-electron chi connectivity index (χ4n) is 1.37. The maximum Gasteiger partial charge on any atom is 0.256 e. The van der Waals surface area contributed by atoms with Gasteiger partial charge in [-0.15, -0.1) is 0 Å². The number of halogens is 1. The van der Waals surface area contributed by atoms with E-state index >= 15 is 0 Å². The lowest BCUT2D eigenvalue weighted by Gasteiger charge is -2.11.